The Kier molecular flexibility index (Phi) is 3.52. The molecule has 3 rings (SSSR count). The zero-order chi connectivity index (χ0) is 13.9. The van der Waals surface area contributed by atoms with E-state index in [2.05, 4.69) is 36.3 Å². The molecular formula is C17H18N2O. The van der Waals surface area contributed by atoms with Crippen molar-refractivity contribution in [1.29, 1.82) is 0 Å². The van der Waals surface area contributed by atoms with E-state index in [4.69, 9.17) is 0 Å². The molecule has 1 atom stereocenters. The molecule has 2 aromatic carbocycles. The van der Waals surface area contributed by atoms with Gasteiger partial charge in [0.1, 0.15) is 0 Å². The second-order valence-electron chi connectivity index (χ2n) is 5.03. The van der Waals surface area contributed by atoms with Gasteiger partial charge in [0.05, 0.1) is 12.3 Å². The van der Waals surface area contributed by atoms with Crippen LogP contribution in [-0.2, 0) is 13.0 Å². The number of rotatable bonds is 4. The van der Waals surface area contributed by atoms with Gasteiger partial charge in [0.15, 0.2) is 0 Å². The number of hydrogen-bond acceptors (Lipinski definition) is 2. The number of aromatic nitrogens is 2. The summed E-state index contributed by atoms with van der Waals surface area (Å²) in [5.41, 5.74) is 2.01. The van der Waals surface area contributed by atoms with Crippen molar-refractivity contribution in [2.24, 2.45) is 0 Å². The first-order valence-electron chi connectivity index (χ1n) is 6.94. The van der Waals surface area contributed by atoms with Crippen LogP contribution in [0.2, 0.25) is 0 Å². The van der Waals surface area contributed by atoms with Crippen LogP contribution < -0.4 is 0 Å². The fourth-order valence-corrected chi connectivity index (χ4v) is 2.44. The lowest BCUT2D eigenvalue weighted by atomic mass is 10.00. The Hall–Kier alpha value is -2.13. The zero-order valence-corrected chi connectivity index (χ0v) is 11.5. The van der Waals surface area contributed by atoms with Crippen LogP contribution in [0.5, 0.6) is 0 Å². The van der Waals surface area contributed by atoms with Gasteiger partial charge in [0.25, 0.3) is 0 Å². The molecule has 0 amide bonds. The van der Waals surface area contributed by atoms with E-state index in [9.17, 15) is 5.11 Å². The summed E-state index contributed by atoms with van der Waals surface area (Å²) in [5, 5.41) is 17.0. The SMILES string of the molecule is CCn1cc(CC(O)c2ccc3ccccc3c2)cn1. The molecular weight excluding hydrogens is 248 g/mol. The van der Waals surface area contributed by atoms with Crippen LogP contribution in [0.4, 0.5) is 0 Å². The minimum atomic E-state index is -0.492. The number of benzene rings is 2. The Balaban J connectivity index is 1.82. The lowest BCUT2D eigenvalue weighted by molar-refractivity contribution is 0.178. The number of aryl methyl sites for hydroxylation is 1. The summed E-state index contributed by atoms with van der Waals surface area (Å²) >= 11 is 0. The molecule has 0 aliphatic rings. The van der Waals surface area contributed by atoms with Crippen molar-refractivity contribution < 1.29 is 5.11 Å². The van der Waals surface area contributed by atoms with E-state index in [-0.39, 0.29) is 0 Å². The molecule has 3 heteroatoms. The molecule has 0 spiro atoms. The minimum Gasteiger partial charge on any atom is -0.388 e. The van der Waals surface area contributed by atoms with Crippen molar-refractivity contribution in [2.75, 3.05) is 0 Å². The summed E-state index contributed by atoms with van der Waals surface area (Å²) in [6.45, 7) is 2.91. The highest BCUT2D eigenvalue weighted by atomic mass is 16.3. The molecule has 1 unspecified atom stereocenters. The predicted octanol–water partition coefficient (Wildman–Crippen LogP) is 3.33. The van der Waals surface area contributed by atoms with Crippen molar-refractivity contribution in [3.8, 4) is 0 Å². The van der Waals surface area contributed by atoms with Gasteiger partial charge in [0, 0.05) is 19.2 Å². The fraction of sp³-hybridized carbons (Fsp3) is 0.235. The lowest BCUT2D eigenvalue weighted by Gasteiger charge is -2.10. The molecule has 0 aliphatic carbocycles. The Morgan fingerprint density at radius 1 is 1.15 bits per heavy atom. The van der Waals surface area contributed by atoms with Crippen LogP contribution in [0.15, 0.2) is 54.9 Å². The van der Waals surface area contributed by atoms with E-state index in [1.807, 2.05) is 35.3 Å². The second kappa shape index (κ2) is 5.47. The maximum atomic E-state index is 10.4. The molecule has 1 heterocycles. The number of aliphatic hydroxyl groups excluding tert-OH is 1. The van der Waals surface area contributed by atoms with Crippen molar-refractivity contribution >= 4 is 10.8 Å². The molecule has 20 heavy (non-hydrogen) atoms. The van der Waals surface area contributed by atoms with E-state index >= 15 is 0 Å². The van der Waals surface area contributed by atoms with Crippen LogP contribution in [0.1, 0.15) is 24.2 Å². The first kappa shape index (κ1) is 12.9. The summed E-state index contributed by atoms with van der Waals surface area (Å²) in [4.78, 5) is 0. The smallest absolute Gasteiger partial charge is 0.0831 e. The standard InChI is InChI=1S/C17H18N2O/c1-2-19-12-13(11-18-19)9-17(20)16-8-7-14-5-3-4-6-15(14)10-16/h3-8,10-12,17,20H,2,9H2,1H3. The first-order valence-corrected chi connectivity index (χ1v) is 6.94. The summed E-state index contributed by atoms with van der Waals surface area (Å²) < 4.78 is 1.88. The van der Waals surface area contributed by atoms with Crippen LogP contribution in [0.3, 0.4) is 0 Å². The van der Waals surface area contributed by atoms with E-state index in [1.165, 1.54) is 5.39 Å². The third kappa shape index (κ3) is 2.58. The average molecular weight is 266 g/mol. The van der Waals surface area contributed by atoms with Gasteiger partial charge in [-0.3, -0.25) is 4.68 Å². The van der Waals surface area contributed by atoms with Crippen molar-refractivity contribution in [1.82, 2.24) is 9.78 Å². The molecule has 3 aromatic rings. The van der Waals surface area contributed by atoms with E-state index in [0.29, 0.717) is 6.42 Å². The normalized spacial score (nSPS) is 12.7. The topological polar surface area (TPSA) is 38.0 Å². The molecule has 0 bridgehead atoms. The van der Waals surface area contributed by atoms with E-state index in [0.717, 1.165) is 23.1 Å². The largest absolute Gasteiger partial charge is 0.388 e. The summed E-state index contributed by atoms with van der Waals surface area (Å²) in [5.74, 6) is 0. The Morgan fingerprint density at radius 2 is 1.95 bits per heavy atom. The van der Waals surface area contributed by atoms with Crippen LogP contribution in [0, 0.1) is 0 Å². The summed E-state index contributed by atoms with van der Waals surface area (Å²) in [7, 11) is 0. The summed E-state index contributed by atoms with van der Waals surface area (Å²) in [6.07, 6.45) is 3.92. The fourth-order valence-electron chi connectivity index (χ4n) is 2.44. The van der Waals surface area contributed by atoms with Gasteiger partial charge in [0.2, 0.25) is 0 Å². The molecule has 0 saturated heterocycles. The maximum absolute atomic E-state index is 10.4. The van der Waals surface area contributed by atoms with Crippen LogP contribution in [-0.4, -0.2) is 14.9 Å². The van der Waals surface area contributed by atoms with E-state index in [1.54, 1.807) is 0 Å². The third-order valence-corrected chi connectivity index (χ3v) is 3.60. The molecule has 1 aromatic heterocycles. The van der Waals surface area contributed by atoms with Gasteiger partial charge < -0.3 is 5.11 Å². The highest BCUT2D eigenvalue weighted by Gasteiger charge is 2.10. The van der Waals surface area contributed by atoms with Gasteiger partial charge in [-0.15, -0.1) is 0 Å². The quantitative estimate of drug-likeness (QED) is 0.786. The van der Waals surface area contributed by atoms with Crippen LogP contribution in [0.25, 0.3) is 10.8 Å². The van der Waals surface area contributed by atoms with Gasteiger partial charge in [-0.25, -0.2) is 0 Å². The summed E-state index contributed by atoms with van der Waals surface area (Å²) in [6, 6.07) is 14.3. The van der Waals surface area contributed by atoms with Gasteiger partial charge in [-0.2, -0.15) is 5.10 Å². The van der Waals surface area contributed by atoms with Crippen LogP contribution >= 0.6 is 0 Å². The number of nitrogens with zero attached hydrogens (tertiary/aromatic N) is 2. The van der Waals surface area contributed by atoms with Gasteiger partial charge in [-0.1, -0.05) is 36.4 Å². The van der Waals surface area contributed by atoms with Gasteiger partial charge in [-0.05, 0) is 34.9 Å². The number of hydrogen-bond donors (Lipinski definition) is 1. The second-order valence-corrected chi connectivity index (χ2v) is 5.03. The number of aliphatic hydroxyl groups is 1. The highest BCUT2D eigenvalue weighted by molar-refractivity contribution is 5.83. The third-order valence-electron chi connectivity index (χ3n) is 3.60. The van der Waals surface area contributed by atoms with E-state index < -0.39 is 6.10 Å². The van der Waals surface area contributed by atoms with Crippen molar-refractivity contribution in [2.45, 2.75) is 26.0 Å². The molecule has 3 nitrogen and oxygen atoms in total. The van der Waals surface area contributed by atoms with Crippen molar-refractivity contribution in [3.63, 3.8) is 0 Å². The lowest BCUT2D eigenvalue weighted by Crippen LogP contribution is -2.01. The molecule has 102 valence electrons. The predicted molar refractivity (Wildman–Crippen MR) is 80.5 cm³/mol. The first-order chi connectivity index (χ1) is 9.76. The maximum Gasteiger partial charge on any atom is 0.0831 e. The molecule has 1 N–H and O–H groups in total. The monoisotopic (exact) mass is 266 g/mol. The number of fused-ring (bicyclic) bond motifs is 1. The molecule has 0 radical (unpaired) electrons. The molecule has 0 fully saturated rings. The molecule has 0 saturated carbocycles. The zero-order valence-electron chi connectivity index (χ0n) is 11.5. The Labute approximate surface area is 118 Å². The minimum absolute atomic E-state index is 0.492. The Morgan fingerprint density at radius 3 is 2.70 bits per heavy atom. The van der Waals surface area contributed by atoms with Gasteiger partial charge >= 0.3 is 0 Å². The average Bonchev–Trinajstić information content (AvgIpc) is 2.94. The van der Waals surface area contributed by atoms with Crippen molar-refractivity contribution in [3.05, 3.63) is 66.0 Å². The molecule has 0 aliphatic heterocycles. The highest BCUT2D eigenvalue weighted by Crippen LogP contribution is 2.22. The Bertz CT molecular complexity index is 718.